The van der Waals surface area contributed by atoms with Crippen molar-refractivity contribution in [2.75, 3.05) is 0 Å². The lowest BCUT2D eigenvalue weighted by Gasteiger charge is -1.97. The summed E-state index contributed by atoms with van der Waals surface area (Å²) in [5.41, 5.74) is 0. The molecule has 0 spiro atoms. The average molecular weight is 183 g/mol. The molecular weight excluding hydrogens is 174 g/mol. The molecule has 0 unspecified atom stereocenters. The summed E-state index contributed by atoms with van der Waals surface area (Å²) in [6.07, 6.45) is 4.53. The molecule has 0 radical (unpaired) electrons. The molecule has 0 N–H and O–H groups in total. The smallest absolute Gasteiger partial charge is 0.0524 e. The van der Waals surface area contributed by atoms with Gasteiger partial charge in [0, 0.05) is 17.3 Å². The van der Waals surface area contributed by atoms with Crippen molar-refractivity contribution in [2.24, 2.45) is 0 Å². The third-order valence-corrected chi connectivity index (χ3v) is 2.69. The monoisotopic (exact) mass is 183 g/mol. The highest BCUT2D eigenvalue weighted by Gasteiger charge is 1.95. The summed E-state index contributed by atoms with van der Waals surface area (Å²) in [6.45, 7) is 2.06. The molecule has 0 aromatic carbocycles. The lowest BCUT2D eigenvalue weighted by Crippen LogP contribution is -1.83. The van der Waals surface area contributed by atoms with Gasteiger partial charge in [0.1, 0.15) is 0 Å². The molecule has 0 atom stereocenters. The van der Waals surface area contributed by atoms with E-state index >= 15 is 0 Å². The zero-order valence-corrected chi connectivity index (χ0v) is 7.91. The van der Waals surface area contributed by atoms with Gasteiger partial charge < -0.3 is 0 Å². The first kappa shape index (κ1) is 8.68. The van der Waals surface area contributed by atoms with Crippen molar-refractivity contribution in [3.63, 3.8) is 0 Å². The summed E-state index contributed by atoms with van der Waals surface area (Å²) in [5.74, 6) is 0. The number of pyridine rings is 1. The van der Waals surface area contributed by atoms with Crippen LogP contribution in [0.25, 0.3) is 0 Å². The Morgan fingerprint density at radius 3 is 3.09 bits per heavy atom. The van der Waals surface area contributed by atoms with Gasteiger partial charge in [-0.25, -0.2) is 0 Å². The predicted octanol–water partition coefficient (Wildman–Crippen LogP) is 2.91. The van der Waals surface area contributed by atoms with Crippen molar-refractivity contribution in [3.8, 4) is 0 Å². The summed E-state index contributed by atoms with van der Waals surface area (Å²) < 4.78 is 1.01. The minimum atomic E-state index is 0.939. The van der Waals surface area contributed by atoms with Crippen molar-refractivity contribution in [2.45, 2.75) is 18.2 Å². The maximum absolute atomic E-state index is 5.07. The predicted molar refractivity (Wildman–Crippen MR) is 53.0 cm³/mol. The number of thiocarbonyl (C=S) groups is 1. The second-order valence-corrected chi connectivity index (χ2v) is 3.94. The standard InChI is InChI=1S/C8H9NS2/c1-2-8(10)11-7-4-3-5-9-6-7/h3-6H,2H2,1H3. The molecule has 1 aromatic rings. The minimum absolute atomic E-state index is 0.939. The SMILES string of the molecule is CCC(=S)Sc1cccnc1. The molecular formula is C8H9NS2. The van der Waals surface area contributed by atoms with E-state index in [0.29, 0.717) is 0 Å². The fourth-order valence-electron chi connectivity index (χ4n) is 0.611. The van der Waals surface area contributed by atoms with Gasteiger partial charge in [-0.2, -0.15) is 0 Å². The van der Waals surface area contributed by atoms with Gasteiger partial charge in [0.2, 0.25) is 0 Å². The third-order valence-electron chi connectivity index (χ3n) is 1.15. The van der Waals surface area contributed by atoms with E-state index in [1.54, 1.807) is 18.0 Å². The summed E-state index contributed by atoms with van der Waals surface area (Å²) in [7, 11) is 0. The van der Waals surface area contributed by atoms with Gasteiger partial charge in [-0.3, -0.25) is 4.98 Å². The maximum Gasteiger partial charge on any atom is 0.0524 e. The van der Waals surface area contributed by atoms with Crippen molar-refractivity contribution in [3.05, 3.63) is 24.5 Å². The lowest BCUT2D eigenvalue weighted by atomic mass is 10.5. The largest absolute Gasteiger partial charge is 0.264 e. The van der Waals surface area contributed by atoms with Crippen LogP contribution in [0.15, 0.2) is 29.4 Å². The number of nitrogens with zero attached hydrogens (tertiary/aromatic N) is 1. The molecule has 0 aliphatic carbocycles. The van der Waals surface area contributed by atoms with Crippen molar-refractivity contribution in [1.29, 1.82) is 0 Å². The van der Waals surface area contributed by atoms with Crippen LogP contribution in [0.5, 0.6) is 0 Å². The Kier molecular flexibility index (Phi) is 3.52. The molecule has 0 amide bonds. The Morgan fingerprint density at radius 1 is 1.73 bits per heavy atom. The molecule has 0 aliphatic heterocycles. The highest BCUT2D eigenvalue weighted by molar-refractivity contribution is 8.23. The van der Waals surface area contributed by atoms with Crippen LogP contribution in [-0.2, 0) is 0 Å². The van der Waals surface area contributed by atoms with Crippen molar-refractivity contribution < 1.29 is 0 Å². The van der Waals surface area contributed by atoms with Gasteiger partial charge in [-0.05, 0) is 18.6 Å². The van der Waals surface area contributed by atoms with Crippen LogP contribution < -0.4 is 0 Å². The second kappa shape index (κ2) is 4.46. The van der Waals surface area contributed by atoms with Gasteiger partial charge in [-0.15, -0.1) is 0 Å². The minimum Gasteiger partial charge on any atom is -0.264 e. The summed E-state index contributed by atoms with van der Waals surface area (Å²) in [6, 6.07) is 3.93. The quantitative estimate of drug-likeness (QED) is 0.517. The van der Waals surface area contributed by atoms with Crippen LogP contribution >= 0.6 is 24.0 Å². The highest BCUT2D eigenvalue weighted by Crippen LogP contribution is 2.19. The van der Waals surface area contributed by atoms with Crippen LogP contribution in [0.1, 0.15) is 13.3 Å². The first-order valence-electron chi connectivity index (χ1n) is 3.43. The summed E-state index contributed by atoms with van der Waals surface area (Å²) >= 11 is 6.68. The number of hydrogen-bond donors (Lipinski definition) is 0. The molecule has 1 heterocycles. The van der Waals surface area contributed by atoms with E-state index in [4.69, 9.17) is 12.2 Å². The molecule has 0 fully saturated rings. The summed E-state index contributed by atoms with van der Waals surface area (Å²) in [5, 5.41) is 0. The van der Waals surface area contributed by atoms with E-state index in [9.17, 15) is 0 Å². The first-order valence-corrected chi connectivity index (χ1v) is 4.66. The zero-order chi connectivity index (χ0) is 8.10. The van der Waals surface area contributed by atoms with Gasteiger partial charge >= 0.3 is 0 Å². The molecule has 58 valence electrons. The molecule has 11 heavy (non-hydrogen) atoms. The van der Waals surface area contributed by atoms with E-state index in [1.807, 2.05) is 18.3 Å². The Morgan fingerprint density at radius 2 is 2.55 bits per heavy atom. The topological polar surface area (TPSA) is 12.9 Å². The molecule has 1 rings (SSSR count). The van der Waals surface area contributed by atoms with Gasteiger partial charge in [0.05, 0.1) is 4.20 Å². The number of hydrogen-bond acceptors (Lipinski definition) is 3. The molecule has 3 heteroatoms. The number of thioether (sulfide) groups is 1. The Labute approximate surface area is 76.2 Å². The average Bonchev–Trinajstić information content (AvgIpc) is 2.06. The van der Waals surface area contributed by atoms with E-state index in [2.05, 4.69) is 11.9 Å². The van der Waals surface area contributed by atoms with E-state index < -0.39 is 0 Å². The molecule has 0 aliphatic rings. The second-order valence-electron chi connectivity index (χ2n) is 2.02. The molecule has 0 saturated heterocycles. The van der Waals surface area contributed by atoms with Gasteiger partial charge in [0.15, 0.2) is 0 Å². The maximum atomic E-state index is 5.07. The molecule has 0 bridgehead atoms. The van der Waals surface area contributed by atoms with Crippen molar-refractivity contribution >= 4 is 28.2 Å². The Bertz CT molecular complexity index is 233. The first-order chi connectivity index (χ1) is 5.33. The lowest BCUT2D eigenvalue weighted by molar-refractivity contribution is 1.24. The van der Waals surface area contributed by atoms with Gasteiger partial charge in [0.25, 0.3) is 0 Å². The Balaban J connectivity index is 2.58. The normalized spacial score (nSPS) is 9.55. The van der Waals surface area contributed by atoms with Crippen LogP contribution in [0.3, 0.4) is 0 Å². The zero-order valence-electron chi connectivity index (χ0n) is 6.28. The van der Waals surface area contributed by atoms with Crippen LogP contribution in [-0.4, -0.2) is 9.18 Å². The molecule has 0 saturated carbocycles. The fraction of sp³-hybridized carbons (Fsp3) is 0.250. The van der Waals surface area contributed by atoms with Gasteiger partial charge in [-0.1, -0.05) is 30.9 Å². The van der Waals surface area contributed by atoms with E-state index in [-0.39, 0.29) is 0 Å². The number of aromatic nitrogens is 1. The summed E-state index contributed by atoms with van der Waals surface area (Å²) in [4.78, 5) is 5.12. The molecule has 1 aromatic heterocycles. The highest BCUT2D eigenvalue weighted by atomic mass is 32.2. The fourth-order valence-corrected chi connectivity index (χ4v) is 1.57. The number of rotatable bonds is 2. The Hall–Kier alpha value is -0.410. The third kappa shape index (κ3) is 2.99. The van der Waals surface area contributed by atoms with Crippen molar-refractivity contribution in [1.82, 2.24) is 4.98 Å². The van der Waals surface area contributed by atoms with E-state index in [1.165, 1.54) is 0 Å². The molecule has 1 nitrogen and oxygen atoms in total. The van der Waals surface area contributed by atoms with Crippen LogP contribution in [0.2, 0.25) is 0 Å². The van der Waals surface area contributed by atoms with E-state index in [0.717, 1.165) is 15.5 Å². The van der Waals surface area contributed by atoms with Crippen LogP contribution in [0.4, 0.5) is 0 Å². The van der Waals surface area contributed by atoms with Crippen LogP contribution in [0, 0.1) is 0 Å².